The topological polar surface area (TPSA) is 91.7 Å². The molecule has 31 heavy (non-hydrogen) atoms. The maximum Gasteiger partial charge on any atom is 0.259 e. The monoisotopic (exact) mass is 423 g/mol. The Morgan fingerprint density at radius 1 is 1.00 bits per heavy atom. The highest BCUT2D eigenvalue weighted by molar-refractivity contribution is 6.26. The molecule has 1 N–H and O–H groups in total. The highest BCUT2D eigenvalue weighted by Gasteiger charge is 2.34. The van der Waals surface area contributed by atoms with Crippen LogP contribution in [0.2, 0.25) is 0 Å². The van der Waals surface area contributed by atoms with Gasteiger partial charge in [-0.05, 0) is 37.7 Å². The zero-order valence-electron chi connectivity index (χ0n) is 18.1. The minimum Gasteiger partial charge on any atom is -0.495 e. The van der Waals surface area contributed by atoms with Crippen LogP contribution in [0.15, 0.2) is 29.2 Å². The number of rotatable bonds is 8. The van der Waals surface area contributed by atoms with Crippen LogP contribution in [0.1, 0.15) is 29.3 Å². The standard InChI is InChI=1S/C23H25N3O5/c1-5-24-7-6-8-26-21-19(22(27)16-9-13(29-2)12-25-20(16)21)14-10-17(30-3)18(31-4)11-15(14)23(26)28/h9-12,24H,5-8H2,1-4H3. The predicted molar refractivity (Wildman–Crippen MR) is 118 cm³/mol. The van der Waals surface area contributed by atoms with Crippen LogP contribution in [0.3, 0.4) is 0 Å². The molecule has 8 nitrogen and oxygen atoms in total. The molecule has 0 saturated carbocycles. The number of aromatic nitrogens is 2. The lowest BCUT2D eigenvalue weighted by Crippen LogP contribution is -2.25. The van der Waals surface area contributed by atoms with Crippen molar-refractivity contribution in [3.8, 4) is 28.6 Å². The summed E-state index contributed by atoms with van der Waals surface area (Å²) in [5.41, 5.74) is 1.73. The maximum absolute atomic E-state index is 13.5. The first kappa shape index (κ1) is 20.9. The van der Waals surface area contributed by atoms with E-state index >= 15 is 0 Å². The van der Waals surface area contributed by atoms with Gasteiger partial charge in [0.25, 0.3) is 5.56 Å². The second kappa shape index (κ2) is 8.39. The minimum absolute atomic E-state index is 0.186. The molecular formula is C23H25N3O5. The lowest BCUT2D eigenvalue weighted by molar-refractivity contribution is 0.104. The minimum atomic E-state index is -0.190. The van der Waals surface area contributed by atoms with Gasteiger partial charge in [-0.3, -0.25) is 14.6 Å². The van der Waals surface area contributed by atoms with E-state index in [1.54, 1.807) is 29.0 Å². The van der Waals surface area contributed by atoms with Gasteiger partial charge in [0.2, 0.25) is 0 Å². The Hall–Kier alpha value is -3.39. The molecule has 2 aromatic heterocycles. The molecule has 0 atom stereocenters. The molecule has 0 amide bonds. The van der Waals surface area contributed by atoms with E-state index < -0.39 is 0 Å². The number of ether oxygens (including phenoxy) is 3. The van der Waals surface area contributed by atoms with Gasteiger partial charge in [0, 0.05) is 11.9 Å². The van der Waals surface area contributed by atoms with Gasteiger partial charge in [-0.15, -0.1) is 0 Å². The number of ketones is 1. The van der Waals surface area contributed by atoms with Gasteiger partial charge in [-0.1, -0.05) is 6.92 Å². The summed E-state index contributed by atoms with van der Waals surface area (Å²) in [4.78, 5) is 31.5. The highest BCUT2D eigenvalue weighted by Crippen LogP contribution is 2.42. The van der Waals surface area contributed by atoms with Crippen molar-refractivity contribution < 1.29 is 19.0 Å². The molecule has 0 fully saturated rings. The van der Waals surface area contributed by atoms with Crippen LogP contribution in [0.5, 0.6) is 17.2 Å². The average molecular weight is 423 g/mol. The number of hydrogen-bond acceptors (Lipinski definition) is 7. The summed E-state index contributed by atoms with van der Waals surface area (Å²) in [5, 5.41) is 4.21. The third-order valence-corrected chi connectivity index (χ3v) is 5.55. The molecule has 3 aromatic rings. The van der Waals surface area contributed by atoms with Crippen molar-refractivity contribution in [1.82, 2.24) is 14.9 Å². The van der Waals surface area contributed by atoms with E-state index in [0.29, 0.717) is 57.1 Å². The van der Waals surface area contributed by atoms with Crippen LogP contribution in [-0.4, -0.2) is 49.8 Å². The van der Waals surface area contributed by atoms with Gasteiger partial charge in [0.1, 0.15) is 5.75 Å². The molecule has 4 rings (SSSR count). The molecule has 1 aliphatic rings. The number of nitrogens with zero attached hydrogens (tertiary/aromatic N) is 2. The first-order chi connectivity index (χ1) is 15.0. The van der Waals surface area contributed by atoms with E-state index in [9.17, 15) is 9.59 Å². The molecular weight excluding hydrogens is 398 g/mol. The van der Waals surface area contributed by atoms with Crippen molar-refractivity contribution in [3.63, 3.8) is 0 Å². The number of carbonyl (C=O) groups is 1. The van der Waals surface area contributed by atoms with Crippen LogP contribution < -0.4 is 25.1 Å². The summed E-state index contributed by atoms with van der Waals surface area (Å²) in [6.07, 6.45) is 2.30. The summed E-state index contributed by atoms with van der Waals surface area (Å²) in [6.45, 7) is 4.10. The third-order valence-electron chi connectivity index (χ3n) is 5.55. The summed E-state index contributed by atoms with van der Waals surface area (Å²) in [5.74, 6) is 1.20. The van der Waals surface area contributed by atoms with Crippen LogP contribution in [0, 0.1) is 0 Å². The van der Waals surface area contributed by atoms with Gasteiger partial charge in [-0.25, -0.2) is 0 Å². The molecule has 0 bridgehead atoms. The highest BCUT2D eigenvalue weighted by atomic mass is 16.5. The fraction of sp³-hybridized carbons (Fsp3) is 0.348. The summed E-state index contributed by atoms with van der Waals surface area (Å²) in [6, 6.07) is 5.00. The van der Waals surface area contributed by atoms with Gasteiger partial charge >= 0.3 is 0 Å². The number of hydrogen-bond donors (Lipinski definition) is 1. The van der Waals surface area contributed by atoms with Gasteiger partial charge in [-0.2, -0.15) is 0 Å². The number of benzene rings is 1. The van der Waals surface area contributed by atoms with E-state index in [-0.39, 0.29) is 11.3 Å². The van der Waals surface area contributed by atoms with Gasteiger partial charge < -0.3 is 24.1 Å². The van der Waals surface area contributed by atoms with Gasteiger partial charge in [0.05, 0.1) is 55.4 Å². The average Bonchev–Trinajstić information content (AvgIpc) is 3.09. The normalized spacial score (nSPS) is 12.1. The van der Waals surface area contributed by atoms with Crippen LogP contribution >= 0.6 is 0 Å². The lowest BCUT2D eigenvalue weighted by atomic mass is 10.0. The van der Waals surface area contributed by atoms with Crippen LogP contribution in [0.4, 0.5) is 0 Å². The summed E-state index contributed by atoms with van der Waals surface area (Å²) >= 11 is 0. The third kappa shape index (κ3) is 3.33. The molecule has 8 heteroatoms. The zero-order chi connectivity index (χ0) is 22.1. The predicted octanol–water partition coefficient (Wildman–Crippen LogP) is 2.63. The fourth-order valence-electron chi connectivity index (χ4n) is 4.05. The second-order valence-corrected chi connectivity index (χ2v) is 7.24. The van der Waals surface area contributed by atoms with E-state index in [2.05, 4.69) is 10.3 Å². The van der Waals surface area contributed by atoms with Crippen molar-refractivity contribution in [2.45, 2.75) is 19.9 Å². The van der Waals surface area contributed by atoms with Gasteiger partial charge in [0.15, 0.2) is 17.3 Å². The van der Waals surface area contributed by atoms with Crippen molar-refractivity contribution >= 4 is 16.6 Å². The van der Waals surface area contributed by atoms with Crippen molar-refractivity contribution in [1.29, 1.82) is 0 Å². The number of nitrogens with one attached hydrogen (secondary N) is 1. The van der Waals surface area contributed by atoms with E-state index in [4.69, 9.17) is 14.2 Å². The molecule has 0 unspecified atom stereocenters. The van der Waals surface area contributed by atoms with E-state index in [0.717, 1.165) is 19.5 Å². The molecule has 0 aliphatic heterocycles. The molecule has 1 aliphatic carbocycles. The van der Waals surface area contributed by atoms with Crippen LogP contribution in [0.25, 0.3) is 22.2 Å². The molecule has 162 valence electrons. The second-order valence-electron chi connectivity index (χ2n) is 7.24. The number of pyridine rings is 2. The fourth-order valence-corrected chi connectivity index (χ4v) is 4.05. The van der Waals surface area contributed by atoms with Crippen molar-refractivity contribution in [3.05, 3.63) is 45.9 Å². The molecule has 2 heterocycles. The SMILES string of the molecule is CCNCCCn1c2c(c3cc(OC)c(OC)cc3c1=O)C(=O)c1cc(OC)cnc1-2. The Kier molecular flexibility index (Phi) is 5.65. The van der Waals surface area contributed by atoms with Crippen molar-refractivity contribution in [2.75, 3.05) is 34.4 Å². The first-order valence-electron chi connectivity index (χ1n) is 10.2. The zero-order valence-corrected chi connectivity index (χ0v) is 18.1. The Labute approximate surface area is 179 Å². The van der Waals surface area contributed by atoms with E-state index in [1.165, 1.54) is 21.3 Å². The molecule has 0 spiro atoms. The Morgan fingerprint density at radius 2 is 1.71 bits per heavy atom. The lowest BCUT2D eigenvalue weighted by Gasteiger charge is -2.16. The number of carbonyl (C=O) groups excluding carboxylic acids is 1. The number of methoxy groups -OCH3 is 3. The Balaban J connectivity index is 2.02. The smallest absolute Gasteiger partial charge is 0.259 e. The summed E-state index contributed by atoms with van der Waals surface area (Å²) in [7, 11) is 4.57. The molecule has 0 saturated heterocycles. The van der Waals surface area contributed by atoms with Crippen molar-refractivity contribution in [2.24, 2.45) is 0 Å². The molecule has 1 aromatic carbocycles. The molecule has 0 radical (unpaired) electrons. The quantitative estimate of drug-likeness (QED) is 0.436. The maximum atomic E-state index is 13.5. The summed E-state index contributed by atoms with van der Waals surface area (Å²) < 4.78 is 17.7. The van der Waals surface area contributed by atoms with E-state index in [1.807, 2.05) is 6.92 Å². The largest absolute Gasteiger partial charge is 0.495 e. The number of fused-ring (bicyclic) bond motifs is 5. The van der Waals surface area contributed by atoms with Crippen LogP contribution in [-0.2, 0) is 6.54 Å². The first-order valence-corrected chi connectivity index (χ1v) is 10.2. The Morgan fingerprint density at radius 3 is 2.35 bits per heavy atom. The Bertz CT molecular complexity index is 1230.